The molecule has 0 N–H and O–H groups in total. The Balaban J connectivity index is 1.69. The molecule has 2 heterocycles. The molecular formula is C14H28N2S. The van der Waals surface area contributed by atoms with E-state index in [-0.39, 0.29) is 0 Å². The van der Waals surface area contributed by atoms with Gasteiger partial charge in [-0.2, -0.15) is 11.8 Å². The van der Waals surface area contributed by atoms with Crippen molar-refractivity contribution >= 4 is 11.8 Å². The smallest absolute Gasteiger partial charge is 0.0112 e. The predicted octanol–water partition coefficient (Wildman–Crippen LogP) is 2.69. The van der Waals surface area contributed by atoms with Crippen LogP contribution in [-0.2, 0) is 0 Å². The van der Waals surface area contributed by atoms with Gasteiger partial charge < -0.3 is 4.90 Å². The molecule has 2 aliphatic rings. The van der Waals surface area contributed by atoms with Crippen LogP contribution in [0.15, 0.2) is 0 Å². The van der Waals surface area contributed by atoms with Gasteiger partial charge in [0.25, 0.3) is 0 Å². The summed E-state index contributed by atoms with van der Waals surface area (Å²) in [6, 6.07) is 1.68. The number of likely N-dealkylation sites (tertiary alicyclic amines) is 1. The molecule has 0 amide bonds. The van der Waals surface area contributed by atoms with Gasteiger partial charge in [-0.05, 0) is 57.7 Å². The van der Waals surface area contributed by atoms with Crippen LogP contribution in [0.2, 0.25) is 0 Å². The molecule has 3 heteroatoms. The van der Waals surface area contributed by atoms with Crippen LogP contribution in [0.4, 0.5) is 0 Å². The van der Waals surface area contributed by atoms with Gasteiger partial charge in [-0.3, -0.25) is 4.90 Å². The first kappa shape index (κ1) is 13.7. The number of hydrogen-bond donors (Lipinski definition) is 0. The first-order valence-corrected chi connectivity index (χ1v) is 8.45. The highest BCUT2D eigenvalue weighted by atomic mass is 32.2. The SMILES string of the molecule is C[C@@H]1CCCCN1CCN(C)C1CCSCC1. The van der Waals surface area contributed by atoms with Crippen LogP contribution >= 0.6 is 11.8 Å². The van der Waals surface area contributed by atoms with E-state index >= 15 is 0 Å². The highest BCUT2D eigenvalue weighted by molar-refractivity contribution is 7.99. The average Bonchev–Trinajstić information content (AvgIpc) is 2.38. The van der Waals surface area contributed by atoms with Crippen LogP contribution in [0.5, 0.6) is 0 Å². The third kappa shape index (κ3) is 4.15. The van der Waals surface area contributed by atoms with Crippen molar-refractivity contribution in [3.8, 4) is 0 Å². The van der Waals surface area contributed by atoms with Crippen molar-refractivity contribution in [1.82, 2.24) is 9.80 Å². The summed E-state index contributed by atoms with van der Waals surface area (Å²) in [4.78, 5) is 5.30. The van der Waals surface area contributed by atoms with E-state index in [2.05, 4.69) is 35.5 Å². The topological polar surface area (TPSA) is 6.48 Å². The highest BCUT2D eigenvalue weighted by Crippen LogP contribution is 2.21. The fourth-order valence-corrected chi connectivity index (χ4v) is 4.17. The maximum atomic E-state index is 2.69. The number of likely N-dealkylation sites (N-methyl/N-ethyl adjacent to an activating group) is 1. The molecule has 0 unspecified atom stereocenters. The van der Waals surface area contributed by atoms with E-state index < -0.39 is 0 Å². The van der Waals surface area contributed by atoms with Gasteiger partial charge in [0, 0.05) is 25.2 Å². The Bertz CT molecular complexity index is 216. The van der Waals surface area contributed by atoms with E-state index in [9.17, 15) is 0 Å². The second-order valence-corrected chi connectivity index (χ2v) is 6.93. The summed E-state index contributed by atoms with van der Waals surface area (Å²) < 4.78 is 0. The first-order chi connectivity index (χ1) is 8.27. The van der Waals surface area contributed by atoms with Gasteiger partial charge in [-0.15, -0.1) is 0 Å². The molecule has 0 aliphatic carbocycles. The number of piperidine rings is 1. The van der Waals surface area contributed by atoms with Gasteiger partial charge in [0.1, 0.15) is 0 Å². The van der Waals surface area contributed by atoms with Crippen molar-refractivity contribution in [2.75, 3.05) is 38.2 Å². The monoisotopic (exact) mass is 256 g/mol. The summed E-state index contributed by atoms with van der Waals surface area (Å²) in [6.45, 7) is 6.27. The quantitative estimate of drug-likeness (QED) is 0.763. The molecule has 2 rings (SSSR count). The zero-order chi connectivity index (χ0) is 12.1. The second-order valence-electron chi connectivity index (χ2n) is 5.70. The van der Waals surface area contributed by atoms with Crippen LogP contribution in [0.25, 0.3) is 0 Å². The van der Waals surface area contributed by atoms with E-state index in [1.807, 2.05) is 0 Å². The van der Waals surface area contributed by atoms with Gasteiger partial charge in [-0.1, -0.05) is 6.42 Å². The Labute approximate surface area is 111 Å². The molecule has 17 heavy (non-hydrogen) atoms. The van der Waals surface area contributed by atoms with Crippen LogP contribution < -0.4 is 0 Å². The number of nitrogens with zero attached hydrogens (tertiary/aromatic N) is 2. The summed E-state index contributed by atoms with van der Waals surface area (Å²) >= 11 is 2.13. The van der Waals surface area contributed by atoms with Crippen LogP contribution in [0.1, 0.15) is 39.0 Å². The Kier molecular flexibility index (Phi) is 5.64. The van der Waals surface area contributed by atoms with Crippen LogP contribution in [0, 0.1) is 0 Å². The maximum absolute atomic E-state index is 2.69. The van der Waals surface area contributed by atoms with E-state index in [1.165, 1.54) is 63.2 Å². The van der Waals surface area contributed by atoms with Crippen molar-refractivity contribution < 1.29 is 0 Å². The fourth-order valence-electron chi connectivity index (χ4n) is 3.08. The lowest BCUT2D eigenvalue weighted by Gasteiger charge is -2.37. The second kappa shape index (κ2) is 7.01. The Morgan fingerprint density at radius 3 is 2.65 bits per heavy atom. The van der Waals surface area contributed by atoms with Crippen LogP contribution in [0.3, 0.4) is 0 Å². The van der Waals surface area contributed by atoms with Crippen molar-refractivity contribution in [2.24, 2.45) is 0 Å². The Morgan fingerprint density at radius 1 is 1.18 bits per heavy atom. The first-order valence-electron chi connectivity index (χ1n) is 7.29. The number of rotatable bonds is 4. The van der Waals surface area contributed by atoms with E-state index in [1.54, 1.807) is 0 Å². The summed E-state index contributed by atoms with van der Waals surface area (Å²) in [5, 5.41) is 0. The molecule has 2 fully saturated rings. The molecular weight excluding hydrogens is 228 g/mol. The molecule has 100 valence electrons. The fraction of sp³-hybridized carbons (Fsp3) is 1.00. The summed E-state index contributed by atoms with van der Waals surface area (Å²) in [5.74, 6) is 2.74. The van der Waals surface area contributed by atoms with Gasteiger partial charge in [-0.25, -0.2) is 0 Å². The molecule has 0 aromatic carbocycles. The van der Waals surface area contributed by atoms with Crippen molar-refractivity contribution in [3.05, 3.63) is 0 Å². The minimum absolute atomic E-state index is 0.819. The normalized spacial score (nSPS) is 28.8. The molecule has 0 aromatic rings. The van der Waals surface area contributed by atoms with Gasteiger partial charge in [0.2, 0.25) is 0 Å². The standard InChI is InChI=1S/C14H28N2S/c1-13-5-3-4-8-16(13)10-9-15(2)14-6-11-17-12-7-14/h13-14H,3-12H2,1-2H3/t13-/m1/s1. The lowest BCUT2D eigenvalue weighted by molar-refractivity contribution is 0.127. The number of hydrogen-bond acceptors (Lipinski definition) is 3. The molecule has 2 nitrogen and oxygen atoms in total. The third-order valence-electron chi connectivity index (χ3n) is 4.49. The highest BCUT2D eigenvalue weighted by Gasteiger charge is 2.21. The summed E-state index contributed by atoms with van der Waals surface area (Å²) in [5.41, 5.74) is 0. The lowest BCUT2D eigenvalue weighted by Crippen LogP contribution is -2.44. The minimum Gasteiger partial charge on any atom is -0.302 e. The zero-order valence-electron chi connectivity index (χ0n) is 11.5. The molecule has 0 saturated carbocycles. The summed E-state index contributed by atoms with van der Waals surface area (Å²) in [6.07, 6.45) is 7.05. The Morgan fingerprint density at radius 2 is 1.94 bits per heavy atom. The number of thioether (sulfide) groups is 1. The lowest BCUT2D eigenvalue weighted by atomic mass is 10.0. The Hall–Kier alpha value is 0.270. The van der Waals surface area contributed by atoms with E-state index in [0.29, 0.717) is 0 Å². The summed E-state index contributed by atoms with van der Waals surface area (Å²) in [7, 11) is 2.33. The van der Waals surface area contributed by atoms with Crippen molar-refractivity contribution in [3.63, 3.8) is 0 Å². The molecule has 0 spiro atoms. The van der Waals surface area contributed by atoms with Gasteiger partial charge in [0.15, 0.2) is 0 Å². The van der Waals surface area contributed by atoms with E-state index in [4.69, 9.17) is 0 Å². The molecule has 0 aromatic heterocycles. The van der Waals surface area contributed by atoms with Gasteiger partial charge >= 0.3 is 0 Å². The molecule has 0 radical (unpaired) electrons. The molecule has 2 saturated heterocycles. The van der Waals surface area contributed by atoms with Gasteiger partial charge in [0.05, 0.1) is 0 Å². The predicted molar refractivity (Wildman–Crippen MR) is 77.9 cm³/mol. The largest absolute Gasteiger partial charge is 0.302 e. The maximum Gasteiger partial charge on any atom is 0.0112 e. The molecule has 2 aliphatic heterocycles. The van der Waals surface area contributed by atoms with Crippen molar-refractivity contribution in [1.29, 1.82) is 0 Å². The minimum atomic E-state index is 0.819. The zero-order valence-corrected chi connectivity index (χ0v) is 12.3. The molecule has 0 bridgehead atoms. The third-order valence-corrected chi connectivity index (χ3v) is 5.54. The van der Waals surface area contributed by atoms with Crippen molar-refractivity contribution in [2.45, 2.75) is 51.1 Å². The van der Waals surface area contributed by atoms with E-state index in [0.717, 1.165) is 12.1 Å². The van der Waals surface area contributed by atoms with Crippen LogP contribution in [-0.4, -0.2) is 60.1 Å². The average molecular weight is 256 g/mol. The molecule has 1 atom stereocenters.